The fourth-order valence-corrected chi connectivity index (χ4v) is 4.57. The molecule has 0 amide bonds. The largest absolute Gasteiger partial charge is 0.324 e. The first-order chi connectivity index (χ1) is 12.5. The molecule has 0 aliphatic carbocycles. The Morgan fingerprint density at radius 1 is 1.15 bits per heavy atom. The van der Waals surface area contributed by atoms with E-state index in [-0.39, 0.29) is 5.92 Å². The van der Waals surface area contributed by atoms with E-state index in [1.54, 1.807) is 24.0 Å². The number of hydrogen-bond donors (Lipinski definition) is 1. The minimum Gasteiger partial charge on any atom is -0.324 e. The highest BCUT2D eigenvalue weighted by atomic mass is 35.5. The van der Waals surface area contributed by atoms with E-state index >= 15 is 0 Å². The Morgan fingerprint density at radius 3 is 2.46 bits per heavy atom. The predicted octanol–water partition coefficient (Wildman–Crippen LogP) is 5.37. The van der Waals surface area contributed by atoms with Crippen LogP contribution in [0.4, 0.5) is 0 Å². The van der Waals surface area contributed by atoms with Crippen LogP contribution >= 0.6 is 35.0 Å². The maximum absolute atomic E-state index is 6.17. The van der Waals surface area contributed by atoms with E-state index in [0.29, 0.717) is 23.1 Å². The van der Waals surface area contributed by atoms with Crippen LogP contribution < -0.4 is 5.73 Å². The summed E-state index contributed by atoms with van der Waals surface area (Å²) in [5.41, 5.74) is 7.95. The van der Waals surface area contributed by atoms with E-state index in [0.717, 1.165) is 27.1 Å². The molecule has 2 heterocycles. The average Bonchev–Trinajstić information content (AvgIpc) is 2.93. The van der Waals surface area contributed by atoms with Gasteiger partial charge in [0.05, 0.1) is 24.5 Å². The SMILES string of the molecule is CC(C)c1nc(CN)n(Cc2ccccn2)c1Sc1cc(Cl)cc(Cl)c1. The molecular formula is C19H20Cl2N4S. The normalized spacial score (nSPS) is 11.3. The molecule has 0 atom stereocenters. The van der Waals surface area contributed by atoms with Crippen LogP contribution in [0.3, 0.4) is 0 Å². The molecule has 0 radical (unpaired) electrons. The zero-order chi connectivity index (χ0) is 18.7. The summed E-state index contributed by atoms with van der Waals surface area (Å²) < 4.78 is 2.14. The minimum absolute atomic E-state index is 0.266. The van der Waals surface area contributed by atoms with Gasteiger partial charge in [-0.3, -0.25) is 4.98 Å². The second-order valence-corrected chi connectivity index (χ2v) is 8.13. The standard InChI is InChI=1S/C19H20Cl2N4S/c1-12(2)18-19(26-16-8-13(20)7-14(21)9-16)25(17(10-22)24-18)11-15-5-3-4-6-23-15/h3-9,12H,10-11,22H2,1-2H3. The number of nitrogens with zero attached hydrogens (tertiary/aromatic N) is 3. The van der Waals surface area contributed by atoms with Crippen molar-refractivity contribution in [3.63, 3.8) is 0 Å². The maximum Gasteiger partial charge on any atom is 0.124 e. The summed E-state index contributed by atoms with van der Waals surface area (Å²) in [6.07, 6.45) is 1.79. The molecule has 4 nitrogen and oxygen atoms in total. The fourth-order valence-electron chi connectivity index (χ4n) is 2.66. The van der Waals surface area contributed by atoms with Gasteiger partial charge in [-0.25, -0.2) is 4.98 Å². The number of hydrogen-bond acceptors (Lipinski definition) is 4. The molecule has 0 aliphatic heterocycles. The molecule has 1 aromatic carbocycles. The summed E-state index contributed by atoms with van der Waals surface area (Å²) >= 11 is 13.9. The lowest BCUT2D eigenvalue weighted by Crippen LogP contribution is -2.11. The molecule has 2 N–H and O–H groups in total. The summed E-state index contributed by atoms with van der Waals surface area (Å²) in [6.45, 7) is 5.23. The monoisotopic (exact) mass is 406 g/mol. The number of benzene rings is 1. The summed E-state index contributed by atoms with van der Waals surface area (Å²) in [5, 5.41) is 2.27. The van der Waals surface area contributed by atoms with Gasteiger partial charge in [0, 0.05) is 21.1 Å². The van der Waals surface area contributed by atoms with Crippen molar-refractivity contribution in [1.29, 1.82) is 0 Å². The molecule has 26 heavy (non-hydrogen) atoms. The molecule has 0 fully saturated rings. The maximum atomic E-state index is 6.17. The predicted molar refractivity (Wildman–Crippen MR) is 108 cm³/mol. The molecule has 0 saturated heterocycles. The minimum atomic E-state index is 0.266. The van der Waals surface area contributed by atoms with Gasteiger partial charge in [0.15, 0.2) is 0 Å². The van der Waals surface area contributed by atoms with E-state index in [4.69, 9.17) is 33.9 Å². The molecule has 0 aliphatic rings. The van der Waals surface area contributed by atoms with Crippen molar-refractivity contribution in [2.24, 2.45) is 5.73 Å². The Hall–Kier alpha value is -1.53. The lowest BCUT2D eigenvalue weighted by molar-refractivity contribution is 0.657. The van der Waals surface area contributed by atoms with Crippen molar-refractivity contribution in [2.45, 2.75) is 42.8 Å². The summed E-state index contributed by atoms with van der Waals surface area (Å²) in [4.78, 5) is 10.2. The molecular weight excluding hydrogens is 387 g/mol. The molecule has 0 unspecified atom stereocenters. The fraction of sp³-hybridized carbons (Fsp3) is 0.263. The van der Waals surface area contributed by atoms with Gasteiger partial charge in [-0.05, 0) is 36.2 Å². The van der Waals surface area contributed by atoms with Crippen LogP contribution in [0.15, 0.2) is 52.5 Å². The molecule has 7 heteroatoms. The van der Waals surface area contributed by atoms with Crippen LogP contribution in [0.25, 0.3) is 0 Å². The Labute approximate surface area is 167 Å². The molecule has 0 spiro atoms. The van der Waals surface area contributed by atoms with Gasteiger partial charge < -0.3 is 10.3 Å². The second kappa shape index (κ2) is 8.44. The van der Waals surface area contributed by atoms with Crippen molar-refractivity contribution >= 4 is 35.0 Å². The molecule has 3 aromatic rings. The summed E-state index contributed by atoms with van der Waals surface area (Å²) in [5.74, 6) is 1.11. The molecule has 0 bridgehead atoms. The highest BCUT2D eigenvalue weighted by Gasteiger charge is 2.20. The van der Waals surface area contributed by atoms with Crippen molar-refractivity contribution in [2.75, 3.05) is 0 Å². The first-order valence-electron chi connectivity index (χ1n) is 8.31. The van der Waals surface area contributed by atoms with E-state index < -0.39 is 0 Å². The van der Waals surface area contributed by atoms with Crippen LogP contribution in [0, 0.1) is 0 Å². The van der Waals surface area contributed by atoms with Crippen LogP contribution in [0.2, 0.25) is 10.0 Å². The second-order valence-electron chi connectivity index (χ2n) is 6.19. The van der Waals surface area contributed by atoms with Crippen molar-refractivity contribution in [3.05, 3.63) is 69.9 Å². The van der Waals surface area contributed by atoms with E-state index in [1.807, 2.05) is 30.3 Å². The van der Waals surface area contributed by atoms with Gasteiger partial charge in [-0.2, -0.15) is 0 Å². The van der Waals surface area contributed by atoms with E-state index in [1.165, 1.54) is 0 Å². The van der Waals surface area contributed by atoms with Gasteiger partial charge in [-0.1, -0.05) is 54.9 Å². The van der Waals surface area contributed by atoms with Gasteiger partial charge in [0.1, 0.15) is 10.9 Å². The highest BCUT2D eigenvalue weighted by molar-refractivity contribution is 7.99. The molecule has 0 saturated carbocycles. The summed E-state index contributed by atoms with van der Waals surface area (Å²) in [7, 11) is 0. The van der Waals surface area contributed by atoms with Crippen LogP contribution in [-0.4, -0.2) is 14.5 Å². The zero-order valence-electron chi connectivity index (χ0n) is 14.6. The summed E-state index contributed by atoms with van der Waals surface area (Å²) in [6, 6.07) is 11.4. The number of pyridine rings is 1. The number of rotatable bonds is 6. The van der Waals surface area contributed by atoms with E-state index in [2.05, 4.69) is 23.4 Å². The Bertz CT molecular complexity index is 874. The number of halogens is 2. The number of imidazole rings is 1. The van der Waals surface area contributed by atoms with Gasteiger partial charge >= 0.3 is 0 Å². The topological polar surface area (TPSA) is 56.7 Å². The van der Waals surface area contributed by atoms with Crippen molar-refractivity contribution in [3.8, 4) is 0 Å². The first kappa shape index (κ1) is 19.2. The zero-order valence-corrected chi connectivity index (χ0v) is 16.9. The third kappa shape index (κ3) is 4.41. The van der Waals surface area contributed by atoms with E-state index in [9.17, 15) is 0 Å². The quantitative estimate of drug-likeness (QED) is 0.597. The third-order valence-corrected chi connectivity index (χ3v) is 5.38. The van der Waals surface area contributed by atoms with Crippen LogP contribution in [-0.2, 0) is 13.1 Å². The molecule has 2 aromatic heterocycles. The van der Waals surface area contributed by atoms with Crippen LogP contribution in [0.5, 0.6) is 0 Å². The number of aromatic nitrogens is 3. The smallest absolute Gasteiger partial charge is 0.124 e. The first-order valence-corrected chi connectivity index (χ1v) is 9.88. The van der Waals surface area contributed by atoms with Gasteiger partial charge in [0.25, 0.3) is 0 Å². The molecule has 3 rings (SSSR count). The average molecular weight is 407 g/mol. The Balaban J connectivity index is 2.07. The van der Waals surface area contributed by atoms with Gasteiger partial charge in [-0.15, -0.1) is 0 Å². The number of nitrogens with two attached hydrogens (primary N) is 1. The highest BCUT2D eigenvalue weighted by Crippen LogP contribution is 2.37. The third-order valence-electron chi connectivity index (χ3n) is 3.85. The lowest BCUT2D eigenvalue weighted by Gasteiger charge is -2.13. The Morgan fingerprint density at radius 2 is 1.88 bits per heavy atom. The van der Waals surface area contributed by atoms with Crippen molar-refractivity contribution in [1.82, 2.24) is 14.5 Å². The lowest BCUT2D eigenvalue weighted by atomic mass is 10.1. The van der Waals surface area contributed by atoms with Crippen molar-refractivity contribution < 1.29 is 0 Å². The Kier molecular flexibility index (Phi) is 6.24. The van der Waals surface area contributed by atoms with Gasteiger partial charge in [0.2, 0.25) is 0 Å². The molecule has 136 valence electrons. The van der Waals surface area contributed by atoms with Crippen LogP contribution in [0.1, 0.15) is 37.0 Å².